The number of carbonyl (C=O) groups is 2. The lowest BCUT2D eigenvalue weighted by molar-refractivity contribution is -0.151. The van der Waals surface area contributed by atoms with E-state index in [9.17, 15) is 14.7 Å². The molecule has 6 atom stereocenters. The summed E-state index contributed by atoms with van der Waals surface area (Å²) in [5.74, 6) is 0.197. The van der Waals surface area contributed by atoms with Gasteiger partial charge in [-0.3, -0.25) is 9.59 Å². The number of allylic oxidation sites excluding steroid dienone is 2. The number of ketones is 1. The van der Waals surface area contributed by atoms with Crippen LogP contribution in [0.1, 0.15) is 86.0 Å². The molecular weight excluding hydrogens is 324 g/mol. The molecule has 0 heterocycles. The quantitative estimate of drug-likeness (QED) is 0.673. The lowest BCUT2D eigenvalue weighted by atomic mass is 9.48. The minimum Gasteiger partial charge on any atom is -0.481 e. The molecule has 4 aliphatic carbocycles. The highest BCUT2D eigenvalue weighted by Crippen LogP contribution is 2.72. The fraction of sp³-hybridized carbons (Fsp3) is 0.826. The lowest BCUT2D eigenvalue weighted by Crippen LogP contribution is -2.49. The SMILES string of the molecule is CC(=O)C1CCC2(C)C3=C(CCC12C)C1(C)CCC(C)(C(=O)O)C1CC3. The van der Waals surface area contributed by atoms with E-state index in [4.69, 9.17) is 0 Å². The van der Waals surface area contributed by atoms with Gasteiger partial charge >= 0.3 is 5.97 Å². The molecule has 0 saturated heterocycles. The van der Waals surface area contributed by atoms with E-state index in [-0.39, 0.29) is 28.1 Å². The summed E-state index contributed by atoms with van der Waals surface area (Å²) in [6, 6.07) is 0. The van der Waals surface area contributed by atoms with Gasteiger partial charge in [-0.15, -0.1) is 0 Å². The van der Waals surface area contributed by atoms with Gasteiger partial charge < -0.3 is 5.11 Å². The van der Waals surface area contributed by atoms with Gasteiger partial charge in [-0.2, -0.15) is 0 Å². The number of aliphatic carboxylic acids is 1. The van der Waals surface area contributed by atoms with Crippen LogP contribution in [0.25, 0.3) is 0 Å². The second-order valence-corrected chi connectivity index (χ2v) is 10.6. The third kappa shape index (κ3) is 1.90. The summed E-state index contributed by atoms with van der Waals surface area (Å²) in [4.78, 5) is 24.4. The number of rotatable bonds is 2. The summed E-state index contributed by atoms with van der Waals surface area (Å²) >= 11 is 0. The van der Waals surface area contributed by atoms with Crippen molar-refractivity contribution in [3.8, 4) is 0 Å². The van der Waals surface area contributed by atoms with Gasteiger partial charge in [0.1, 0.15) is 5.78 Å². The number of carboxylic acids is 1. The number of hydrogen-bond donors (Lipinski definition) is 1. The molecule has 144 valence electrons. The highest BCUT2D eigenvalue weighted by molar-refractivity contribution is 5.80. The van der Waals surface area contributed by atoms with Crippen molar-refractivity contribution in [3.05, 3.63) is 11.1 Å². The summed E-state index contributed by atoms with van der Waals surface area (Å²) < 4.78 is 0. The molecule has 4 rings (SSSR count). The van der Waals surface area contributed by atoms with Crippen LogP contribution in [0.15, 0.2) is 11.1 Å². The maximum atomic E-state index is 12.3. The van der Waals surface area contributed by atoms with Crippen LogP contribution in [0.3, 0.4) is 0 Å². The molecule has 0 aromatic carbocycles. The molecule has 26 heavy (non-hydrogen) atoms. The molecule has 0 aromatic heterocycles. The minimum atomic E-state index is -0.611. The predicted octanol–water partition coefficient (Wildman–Crippen LogP) is 5.39. The van der Waals surface area contributed by atoms with E-state index in [2.05, 4.69) is 20.8 Å². The van der Waals surface area contributed by atoms with Crippen LogP contribution in [-0.4, -0.2) is 16.9 Å². The van der Waals surface area contributed by atoms with Crippen molar-refractivity contribution in [2.45, 2.75) is 86.0 Å². The van der Waals surface area contributed by atoms with Crippen molar-refractivity contribution < 1.29 is 14.7 Å². The van der Waals surface area contributed by atoms with E-state index < -0.39 is 11.4 Å². The van der Waals surface area contributed by atoms with Crippen molar-refractivity contribution in [2.75, 3.05) is 0 Å². The van der Waals surface area contributed by atoms with Gasteiger partial charge in [0.25, 0.3) is 0 Å². The first kappa shape index (κ1) is 18.3. The smallest absolute Gasteiger partial charge is 0.309 e. The fourth-order valence-corrected chi connectivity index (χ4v) is 8.06. The average Bonchev–Trinajstić information content (AvgIpc) is 3.00. The third-order valence-electron chi connectivity index (χ3n) is 9.94. The van der Waals surface area contributed by atoms with E-state index in [1.54, 1.807) is 18.1 Å². The monoisotopic (exact) mass is 358 g/mol. The van der Waals surface area contributed by atoms with E-state index in [0.717, 1.165) is 51.4 Å². The normalized spacial score (nSPS) is 50.2. The first-order valence-electron chi connectivity index (χ1n) is 10.5. The van der Waals surface area contributed by atoms with Gasteiger partial charge in [0.05, 0.1) is 5.41 Å². The Hall–Kier alpha value is -1.12. The van der Waals surface area contributed by atoms with Crippen molar-refractivity contribution in [1.82, 2.24) is 0 Å². The summed E-state index contributed by atoms with van der Waals surface area (Å²) in [5.41, 5.74) is 2.86. The zero-order valence-electron chi connectivity index (χ0n) is 17.1. The van der Waals surface area contributed by atoms with Gasteiger partial charge in [0.15, 0.2) is 0 Å². The van der Waals surface area contributed by atoms with Crippen LogP contribution in [0.5, 0.6) is 0 Å². The van der Waals surface area contributed by atoms with Gasteiger partial charge in [0.2, 0.25) is 0 Å². The molecule has 0 spiro atoms. The van der Waals surface area contributed by atoms with Gasteiger partial charge in [-0.05, 0) is 87.4 Å². The third-order valence-corrected chi connectivity index (χ3v) is 9.94. The van der Waals surface area contributed by atoms with E-state index in [1.165, 1.54) is 0 Å². The molecule has 2 fully saturated rings. The number of carbonyl (C=O) groups excluding carboxylic acids is 1. The lowest BCUT2D eigenvalue weighted by Gasteiger charge is -2.56. The van der Waals surface area contributed by atoms with Crippen LogP contribution in [0.2, 0.25) is 0 Å². The van der Waals surface area contributed by atoms with Crippen molar-refractivity contribution in [3.63, 3.8) is 0 Å². The molecule has 0 amide bonds. The molecule has 0 aromatic rings. The minimum absolute atomic E-state index is 0.0410. The zero-order chi connectivity index (χ0) is 19.1. The highest BCUT2D eigenvalue weighted by Gasteiger charge is 2.65. The molecule has 6 unspecified atom stereocenters. The number of Topliss-reactive ketones (excluding diaryl/α,β-unsaturated/α-hetero) is 1. The van der Waals surface area contributed by atoms with Crippen LogP contribution in [0.4, 0.5) is 0 Å². The van der Waals surface area contributed by atoms with E-state index in [1.807, 2.05) is 6.92 Å². The largest absolute Gasteiger partial charge is 0.481 e. The van der Waals surface area contributed by atoms with Crippen molar-refractivity contribution >= 4 is 11.8 Å². The van der Waals surface area contributed by atoms with E-state index >= 15 is 0 Å². The summed E-state index contributed by atoms with van der Waals surface area (Å²) in [6.07, 6.45) is 8.11. The highest BCUT2D eigenvalue weighted by atomic mass is 16.4. The van der Waals surface area contributed by atoms with Gasteiger partial charge in [-0.1, -0.05) is 31.9 Å². The van der Waals surface area contributed by atoms with Crippen LogP contribution in [-0.2, 0) is 9.59 Å². The van der Waals surface area contributed by atoms with Gasteiger partial charge in [-0.25, -0.2) is 0 Å². The molecule has 4 aliphatic rings. The standard InChI is InChI=1S/C23H34O3/c1-14(24)15-8-10-23(5)17-6-7-18-20(2,12-13-21(18,3)19(25)26)16(17)9-11-22(15,23)4/h15,18H,6-13H2,1-5H3,(H,25,26). The maximum Gasteiger partial charge on any atom is 0.309 e. The zero-order valence-corrected chi connectivity index (χ0v) is 17.1. The average molecular weight is 359 g/mol. The Bertz CT molecular complexity index is 721. The topological polar surface area (TPSA) is 54.4 Å². The number of carboxylic acid groups (broad SMARTS) is 1. The summed E-state index contributed by atoms with van der Waals surface area (Å²) in [5, 5.41) is 9.91. The summed E-state index contributed by atoms with van der Waals surface area (Å²) in [7, 11) is 0. The van der Waals surface area contributed by atoms with Crippen molar-refractivity contribution in [2.24, 2.45) is 33.5 Å². The second-order valence-electron chi connectivity index (χ2n) is 10.6. The number of hydrogen-bond acceptors (Lipinski definition) is 2. The molecule has 0 bridgehead atoms. The fourth-order valence-electron chi connectivity index (χ4n) is 8.06. The Kier molecular flexibility index (Phi) is 3.67. The maximum absolute atomic E-state index is 12.3. The van der Waals surface area contributed by atoms with Crippen LogP contribution >= 0.6 is 0 Å². The Morgan fingerprint density at radius 3 is 2.23 bits per heavy atom. The van der Waals surface area contributed by atoms with Crippen LogP contribution in [0, 0.1) is 33.5 Å². The predicted molar refractivity (Wildman–Crippen MR) is 102 cm³/mol. The Morgan fingerprint density at radius 2 is 1.62 bits per heavy atom. The molecule has 2 saturated carbocycles. The Balaban J connectivity index is 1.81. The summed E-state index contributed by atoms with van der Waals surface area (Å²) in [6.45, 7) is 10.9. The molecule has 3 heteroatoms. The Labute approximate surface area is 157 Å². The van der Waals surface area contributed by atoms with Gasteiger partial charge in [0, 0.05) is 5.92 Å². The molecule has 1 N–H and O–H groups in total. The van der Waals surface area contributed by atoms with Crippen LogP contribution < -0.4 is 0 Å². The Morgan fingerprint density at radius 1 is 0.923 bits per heavy atom. The van der Waals surface area contributed by atoms with E-state index in [0.29, 0.717) is 5.78 Å². The second kappa shape index (κ2) is 5.23. The molecule has 0 aliphatic heterocycles. The molecule has 3 nitrogen and oxygen atoms in total. The molecular formula is C23H34O3. The number of fused-ring (bicyclic) bond motifs is 4. The first-order valence-corrected chi connectivity index (χ1v) is 10.5. The first-order chi connectivity index (χ1) is 12.0. The molecule has 0 radical (unpaired) electrons. The van der Waals surface area contributed by atoms with Crippen molar-refractivity contribution in [1.29, 1.82) is 0 Å².